The van der Waals surface area contributed by atoms with Crippen LogP contribution in [0.3, 0.4) is 0 Å². The van der Waals surface area contributed by atoms with Gasteiger partial charge in [-0.15, -0.1) is 0 Å². The fourth-order valence-electron chi connectivity index (χ4n) is 1.02. The molecule has 0 aromatic heterocycles. The summed E-state index contributed by atoms with van der Waals surface area (Å²) >= 11 is 0. The third-order valence-electron chi connectivity index (χ3n) is 1.58. The minimum absolute atomic E-state index is 0. The van der Waals surface area contributed by atoms with Gasteiger partial charge in [-0.05, 0) is 13.0 Å². The first-order valence-electron chi connectivity index (χ1n) is 3.25. The van der Waals surface area contributed by atoms with Gasteiger partial charge in [0.2, 0.25) is 0 Å². The third kappa shape index (κ3) is 5.91. The molecule has 0 bridgehead atoms. The summed E-state index contributed by atoms with van der Waals surface area (Å²) in [6.07, 6.45) is 3.15. The molecule has 0 aliphatic carbocycles. The second-order valence-electron chi connectivity index (χ2n) is 3.22. The van der Waals surface area contributed by atoms with E-state index in [-0.39, 0.29) is 65.4 Å². The van der Waals surface area contributed by atoms with E-state index in [9.17, 15) is 0 Å². The molecule has 0 spiro atoms. The number of allylic oxidation sites excluding steroid dienone is 1. The average Bonchev–Trinajstić information content (AvgIpc) is 1.60. The minimum Gasteiger partial charge on any atom is -0.530 e. The van der Waals surface area contributed by atoms with Crippen LogP contribution in [0.15, 0.2) is 12.3 Å². The predicted octanol–water partition coefficient (Wildman–Crippen LogP) is 2.15. The first kappa shape index (κ1) is 15.2. The molecule has 1 aliphatic heterocycles. The van der Waals surface area contributed by atoms with E-state index in [2.05, 4.69) is 26.8 Å². The maximum absolute atomic E-state index is 5.16. The van der Waals surface area contributed by atoms with Crippen molar-refractivity contribution in [3.8, 4) is 0 Å². The largest absolute Gasteiger partial charge is 0.530 e. The van der Waals surface area contributed by atoms with Crippen LogP contribution in [-0.4, -0.2) is 6.61 Å². The molecule has 58 valence electrons. The Hall–Kier alpha value is 1.75. The molecule has 1 rings (SSSR count). The van der Waals surface area contributed by atoms with Crippen LogP contribution >= 0.6 is 0 Å². The van der Waals surface area contributed by atoms with E-state index in [1.165, 1.54) is 0 Å². The van der Waals surface area contributed by atoms with Crippen molar-refractivity contribution in [1.82, 2.24) is 0 Å². The smallest absolute Gasteiger partial charge is 0.0827 e. The van der Waals surface area contributed by atoms with E-state index in [0.29, 0.717) is 5.41 Å². The Bertz CT molecular complexity index is 132. The first-order chi connectivity index (χ1) is 4.10. The summed E-state index contributed by atoms with van der Waals surface area (Å²) < 4.78 is 5.16. The molecule has 0 atom stereocenters. The van der Waals surface area contributed by atoms with Crippen LogP contribution in [0, 0.1) is 11.8 Å². The van der Waals surface area contributed by atoms with Crippen LogP contribution in [0.5, 0.6) is 0 Å². The molecule has 0 unspecified atom stereocenters. The van der Waals surface area contributed by atoms with Crippen molar-refractivity contribution in [1.29, 1.82) is 0 Å². The van der Waals surface area contributed by atoms with Crippen molar-refractivity contribution in [2.75, 3.05) is 6.61 Å². The van der Waals surface area contributed by atoms with Crippen molar-refractivity contribution in [3.63, 3.8) is 0 Å². The first-order valence-corrected chi connectivity index (χ1v) is 3.25. The monoisotopic (exact) mass is 303 g/mol. The van der Waals surface area contributed by atoms with Crippen molar-refractivity contribution in [2.24, 2.45) is 5.41 Å². The minimum atomic E-state index is 0. The summed E-state index contributed by atoms with van der Waals surface area (Å²) in [5, 5.41) is 0. The molecular weight excluding hydrogens is 290 g/mol. The number of hydrogen-bond acceptors (Lipinski definition) is 1. The van der Waals surface area contributed by atoms with Crippen LogP contribution < -0.4 is 0 Å². The molecule has 3 heteroatoms. The van der Waals surface area contributed by atoms with Crippen molar-refractivity contribution in [3.05, 3.63) is 18.8 Å². The van der Waals surface area contributed by atoms with Crippen molar-refractivity contribution < 1.29 is 70.2 Å². The SMILES string of the molecule is C=C1CC(C)(C)[CH-]CO1.[Y].[Y]. The fraction of sp³-hybridized carbons (Fsp3) is 0.625. The molecule has 0 saturated carbocycles. The van der Waals surface area contributed by atoms with Gasteiger partial charge >= 0.3 is 0 Å². The number of ether oxygens (including phenoxy) is 1. The van der Waals surface area contributed by atoms with Gasteiger partial charge in [0.15, 0.2) is 0 Å². The summed E-state index contributed by atoms with van der Waals surface area (Å²) in [5.41, 5.74) is 0.301. The molecule has 11 heavy (non-hydrogen) atoms. The molecule has 1 saturated heterocycles. The van der Waals surface area contributed by atoms with E-state index in [1.807, 2.05) is 0 Å². The number of rotatable bonds is 0. The van der Waals surface area contributed by atoms with E-state index in [1.54, 1.807) is 0 Å². The summed E-state index contributed by atoms with van der Waals surface area (Å²) in [6, 6.07) is 0. The van der Waals surface area contributed by atoms with Gasteiger partial charge in [0.25, 0.3) is 0 Å². The van der Waals surface area contributed by atoms with Gasteiger partial charge in [-0.1, -0.05) is 20.4 Å². The molecule has 0 amide bonds. The zero-order valence-corrected chi connectivity index (χ0v) is 12.9. The summed E-state index contributed by atoms with van der Waals surface area (Å²) in [5.74, 6) is 0.919. The second-order valence-corrected chi connectivity index (χ2v) is 3.22. The molecule has 0 N–H and O–H groups in total. The quantitative estimate of drug-likeness (QED) is 0.623. The van der Waals surface area contributed by atoms with Crippen LogP contribution in [0.2, 0.25) is 0 Å². The standard InChI is InChI=1S/C8H13O.2Y/c1-7-6-8(2,3)4-5-9-7;;/h4H,1,5-6H2,2-3H3;;/q-1;;. The molecule has 1 heterocycles. The molecule has 1 fully saturated rings. The molecule has 2 radical (unpaired) electrons. The van der Waals surface area contributed by atoms with Crippen LogP contribution in [-0.2, 0) is 70.2 Å². The Morgan fingerprint density at radius 1 is 1.45 bits per heavy atom. The zero-order chi connectivity index (χ0) is 6.91. The zero-order valence-electron chi connectivity index (χ0n) is 7.26. The van der Waals surface area contributed by atoms with Gasteiger partial charge in [-0.3, -0.25) is 6.42 Å². The predicted molar refractivity (Wildman–Crippen MR) is 37.8 cm³/mol. The van der Waals surface area contributed by atoms with Gasteiger partial charge in [-0.25, -0.2) is 0 Å². The molecule has 0 aromatic carbocycles. The Balaban J connectivity index is 0. The van der Waals surface area contributed by atoms with E-state index in [0.717, 1.165) is 18.8 Å². The summed E-state index contributed by atoms with van der Waals surface area (Å²) in [6.45, 7) is 8.89. The van der Waals surface area contributed by atoms with Crippen molar-refractivity contribution in [2.45, 2.75) is 20.3 Å². The Morgan fingerprint density at radius 3 is 2.27 bits per heavy atom. The van der Waals surface area contributed by atoms with Gasteiger partial charge in [0.05, 0.1) is 5.76 Å². The van der Waals surface area contributed by atoms with Crippen LogP contribution in [0.25, 0.3) is 0 Å². The van der Waals surface area contributed by atoms with E-state index >= 15 is 0 Å². The Morgan fingerprint density at radius 2 is 2.00 bits per heavy atom. The molecule has 0 aromatic rings. The van der Waals surface area contributed by atoms with Gasteiger partial charge in [0.1, 0.15) is 0 Å². The van der Waals surface area contributed by atoms with Crippen molar-refractivity contribution >= 4 is 0 Å². The maximum Gasteiger partial charge on any atom is 0.0827 e. The average molecular weight is 303 g/mol. The summed E-state index contributed by atoms with van der Waals surface area (Å²) in [7, 11) is 0. The van der Waals surface area contributed by atoms with Crippen LogP contribution in [0.4, 0.5) is 0 Å². The third-order valence-corrected chi connectivity index (χ3v) is 1.58. The molecule has 1 nitrogen and oxygen atoms in total. The maximum atomic E-state index is 5.16. The van der Waals surface area contributed by atoms with Crippen LogP contribution in [0.1, 0.15) is 20.3 Å². The topological polar surface area (TPSA) is 9.23 Å². The Labute approximate surface area is 119 Å². The summed E-state index contributed by atoms with van der Waals surface area (Å²) in [4.78, 5) is 0. The molecule has 1 aliphatic rings. The molecular formula is C8H13OY2-. The van der Waals surface area contributed by atoms with E-state index in [4.69, 9.17) is 4.74 Å². The van der Waals surface area contributed by atoms with Gasteiger partial charge < -0.3 is 4.74 Å². The van der Waals surface area contributed by atoms with Gasteiger partial charge in [0, 0.05) is 65.4 Å². The normalized spacial score (nSPS) is 20.7. The van der Waals surface area contributed by atoms with E-state index < -0.39 is 0 Å². The fourth-order valence-corrected chi connectivity index (χ4v) is 1.02. The number of hydrogen-bond donors (Lipinski definition) is 0. The second kappa shape index (κ2) is 6.24. The Kier molecular flexibility index (Phi) is 8.64. The van der Waals surface area contributed by atoms with Gasteiger partial charge in [-0.2, -0.15) is 5.41 Å².